The molecular weight excluding hydrogens is 236 g/mol. The van der Waals surface area contributed by atoms with Gasteiger partial charge < -0.3 is 5.32 Å². The van der Waals surface area contributed by atoms with Gasteiger partial charge in [-0.15, -0.1) is 0 Å². The zero-order valence-electron chi connectivity index (χ0n) is 12.4. The molecule has 0 saturated heterocycles. The third-order valence-corrected chi connectivity index (χ3v) is 4.85. The SMILES string of the molecule is CC(CNC1CCCc2c1cnn2C)N(C)C1CC1. The number of nitrogens with one attached hydrogen (secondary N) is 1. The normalized spacial score (nSPS) is 24.5. The first-order chi connectivity index (χ1) is 9.16. The third-order valence-electron chi connectivity index (χ3n) is 4.85. The van der Waals surface area contributed by atoms with E-state index in [1.165, 1.54) is 43.4 Å². The summed E-state index contributed by atoms with van der Waals surface area (Å²) < 4.78 is 2.04. The van der Waals surface area contributed by atoms with Gasteiger partial charge in [-0.2, -0.15) is 5.10 Å². The van der Waals surface area contributed by atoms with E-state index in [1.807, 2.05) is 4.68 Å². The van der Waals surface area contributed by atoms with E-state index in [1.54, 1.807) is 0 Å². The maximum Gasteiger partial charge on any atom is 0.0540 e. The van der Waals surface area contributed by atoms with Crippen molar-refractivity contribution in [1.29, 1.82) is 0 Å². The van der Waals surface area contributed by atoms with Gasteiger partial charge in [0.2, 0.25) is 0 Å². The van der Waals surface area contributed by atoms with Gasteiger partial charge in [0.15, 0.2) is 0 Å². The topological polar surface area (TPSA) is 33.1 Å². The first-order valence-corrected chi connectivity index (χ1v) is 7.63. The van der Waals surface area contributed by atoms with Crippen LogP contribution in [0.2, 0.25) is 0 Å². The molecule has 1 saturated carbocycles. The molecule has 0 amide bonds. The number of likely N-dealkylation sites (N-methyl/N-ethyl adjacent to an activating group) is 1. The van der Waals surface area contributed by atoms with Crippen molar-refractivity contribution in [3.63, 3.8) is 0 Å². The highest BCUT2D eigenvalue weighted by atomic mass is 15.3. The molecule has 1 aromatic heterocycles. The quantitative estimate of drug-likeness (QED) is 0.879. The van der Waals surface area contributed by atoms with Crippen LogP contribution in [0, 0.1) is 0 Å². The summed E-state index contributed by atoms with van der Waals surface area (Å²) in [5.74, 6) is 0. The molecule has 2 aliphatic rings. The van der Waals surface area contributed by atoms with E-state index in [0.29, 0.717) is 12.1 Å². The first kappa shape index (κ1) is 13.1. The van der Waals surface area contributed by atoms with Crippen LogP contribution in [0.25, 0.3) is 0 Å². The van der Waals surface area contributed by atoms with E-state index >= 15 is 0 Å². The van der Waals surface area contributed by atoms with Gasteiger partial charge in [-0.1, -0.05) is 0 Å². The minimum absolute atomic E-state index is 0.507. The molecule has 2 atom stereocenters. The Balaban J connectivity index is 1.58. The molecule has 0 aliphatic heterocycles. The van der Waals surface area contributed by atoms with Gasteiger partial charge in [-0.25, -0.2) is 0 Å². The van der Waals surface area contributed by atoms with Crippen LogP contribution in [0.15, 0.2) is 6.20 Å². The zero-order valence-corrected chi connectivity index (χ0v) is 12.4. The molecule has 2 unspecified atom stereocenters. The first-order valence-electron chi connectivity index (χ1n) is 7.63. The van der Waals surface area contributed by atoms with Crippen molar-refractivity contribution in [1.82, 2.24) is 20.0 Å². The highest BCUT2D eigenvalue weighted by Crippen LogP contribution is 2.30. The molecule has 1 heterocycles. The summed E-state index contributed by atoms with van der Waals surface area (Å²) in [5.41, 5.74) is 2.85. The third kappa shape index (κ3) is 2.70. The zero-order chi connectivity index (χ0) is 13.4. The lowest BCUT2D eigenvalue weighted by molar-refractivity contribution is 0.233. The Bertz CT molecular complexity index is 435. The van der Waals surface area contributed by atoms with Crippen LogP contribution < -0.4 is 5.32 Å². The van der Waals surface area contributed by atoms with Gasteiger partial charge in [0.1, 0.15) is 0 Å². The molecule has 0 bridgehead atoms. The molecule has 1 N–H and O–H groups in total. The second-order valence-electron chi connectivity index (χ2n) is 6.27. The molecule has 1 fully saturated rings. The second-order valence-corrected chi connectivity index (χ2v) is 6.27. The van der Waals surface area contributed by atoms with Crippen molar-refractivity contribution < 1.29 is 0 Å². The van der Waals surface area contributed by atoms with Gasteiger partial charge in [0, 0.05) is 43.0 Å². The largest absolute Gasteiger partial charge is 0.308 e. The molecular formula is C15H26N4. The molecule has 19 heavy (non-hydrogen) atoms. The summed E-state index contributed by atoms with van der Waals surface area (Å²) in [6.45, 7) is 3.41. The maximum atomic E-state index is 4.42. The van der Waals surface area contributed by atoms with Crippen LogP contribution in [0.1, 0.15) is 49.9 Å². The molecule has 3 rings (SSSR count). The van der Waals surface area contributed by atoms with Crippen LogP contribution >= 0.6 is 0 Å². The van der Waals surface area contributed by atoms with Gasteiger partial charge in [0.05, 0.1) is 6.20 Å². The molecule has 4 nitrogen and oxygen atoms in total. The fourth-order valence-corrected chi connectivity index (χ4v) is 3.22. The lowest BCUT2D eigenvalue weighted by Crippen LogP contribution is -2.40. The number of hydrogen-bond acceptors (Lipinski definition) is 3. The predicted molar refractivity (Wildman–Crippen MR) is 77.1 cm³/mol. The summed E-state index contributed by atoms with van der Waals surface area (Å²) in [5, 5.41) is 8.17. The summed E-state index contributed by atoms with van der Waals surface area (Å²) in [7, 11) is 4.32. The number of nitrogens with zero attached hydrogens (tertiary/aromatic N) is 3. The lowest BCUT2D eigenvalue weighted by Gasteiger charge is -2.29. The fraction of sp³-hybridized carbons (Fsp3) is 0.800. The minimum atomic E-state index is 0.507. The molecule has 0 radical (unpaired) electrons. The molecule has 0 aromatic carbocycles. The second kappa shape index (κ2) is 5.25. The highest BCUT2D eigenvalue weighted by molar-refractivity contribution is 5.24. The number of aryl methyl sites for hydroxylation is 1. The Labute approximate surface area is 116 Å². The fourth-order valence-electron chi connectivity index (χ4n) is 3.22. The summed E-state index contributed by atoms with van der Waals surface area (Å²) >= 11 is 0. The van der Waals surface area contributed by atoms with Crippen molar-refractivity contribution in [2.75, 3.05) is 13.6 Å². The van der Waals surface area contributed by atoms with Crippen molar-refractivity contribution in [2.24, 2.45) is 7.05 Å². The molecule has 1 aromatic rings. The van der Waals surface area contributed by atoms with Crippen LogP contribution in [0.3, 0.4) is 0 Å². The monoisotopic (exact) mass is 262 g/mol. The molecule has 106 valence electrons. The lowest BCUT2D eigenvalue weighted by atomic mass is 9.93. The van der Waals surface area contributed by atoms with Crippen molar-refractivity contribution in [3.8, 4) is 0 Å². The highest BCUT2D eigenvalue weighted by Gasteiger charge is 2.30. The summed E-state index contributed by atoms with van der Waals surface area (Å²) in [4.78, 5) is 2.53. The Kier molecular flexibility index (Phi) is 3.63. The molecule has 0 spiro atoms. The van der Waals surface area contributed by atoms with Crippen molar-refractivity contribution >= 4 is 0 Å². The standard InChI is InChI=1S/C15H26N4/c1-11(18(2)12-7-8-12)9-16-14-5-4-6-15-13(14)10-17-19(15)3/h10-12,14,16H,4-9H2,1-3H3. The molecule has 4 heteroatoms. The van der Waals surface area contributed by atoms with Gasteiger partial charge in [0.25, 0.3) is 0 Å². The van der Waals surface area contributed by atoms with Gasteiger partial charge in [-0.05, 0) is 46.1 Å². The molecule has 2 aliphatic carbocycles. The Morgan fingerprint density at radius 3 is 3.00 bits per heavy atom. The van der Waals surface area contributed by atoms with Crippen LogP contribution in [0.4, 0.5) is 0 Å². The van der Waals surface area contributed by atoms with Crippen molar-refractivity contribution in [3.05, 3.63) is 17.5 Å². The number of aromatic nitrogens is 2. The average Bonchev–Trinajstić information content (AvgIpc) is 3.20. The van der Waals surface area contributed by atoms with E-state index in [0.717, 1.165) is 12.6 Å². The van der Waals surface area contributed by atoms with E-state index in [4.69, 9.17) is 0 Å². The van der Waals surface area contributed by atoms with Crippen LogP contribution in [-0.2, 0) is 13.5 Å². The van der Waals surface area contributed by atoms with E-state index in [-0.39, 0.29) is 0 Å². The van der Waals surface area contributed by atoms with E-state index in [2.05, 4.69) is 42.5 Å². The number of fused-ring (bicyclic) bond motifs is 1. The number of rotatable bonds is 5. The maximum absolute atomic E-state index is 4.42. The smallest absolute Gasteiger partial charge is 0.0540 e. The Hall–Kier alpha value is -0.870. The van der Waals surface area contributed by atoms with Crippen LogP contribution in [0.5, 0.6) is 0 Å². The minimum Gasteiger partial charge on any atom is -0.308 e. The van der Waals surface area contributed by atoms with Crippen LogP contribution in [-0.4, -0.2) is 40.4 Å². The van der Waals surface area contributed by atoms with Crippen molar-refractivity contribution in [2.45, 2.75) is 57.2 Å². The van der Waals surface area contributed by atoms with E-state index < -0.39 is 0 Å². The summed E-state index contributed by atoms with van der Waals surface area (Å²) in [6, 6.07) is 1.97. The summed E-state index contributed by atoms with van der Waals surface area (Å²) in [6.07, 6.45) is 8.53. The Morgan fingerprint density at radius 2 is 2.26 bits per heavy atom. The van der Waals surface area contributed by atoms with Gasteiger partial charge >= 0.3 is 0 Å². The predicted octanol–water partition coefficient (Wildman–Crippen LogP) is 1.87. The van der Waals surface area contributed by atoms with Gasteiger partial charge in [-0.3, -0.25) is 9.58 Å². The average molecular weight is 262 g/mol. The van der Waals surface area contributed by atoms with E-state index in [9.17, 15) is 0 Å². The Morgan fingerprint density at radius 1 is 1.47 bits per heavy atom. The number of hydrogen-bond donors (Lipinski definition) is 1.